The molecule has 2 aliphatic rings. The third-order valence-electron chi connectivity index (χ3n) is 6.07. The van der Waals surface area contributed by atoms with Gasteiger partial charge in [-0.3, -0.25) is 0 Å². The summed E-state index contributed by atoms with van der Waals surface area (Å²) in [6.45, 7) is 7.29. The van der Waals surface area contributed by atoms with Crippen LogP contribution in [-0.2, 0) is 6.42 Å². The Kier molecular flexibility index (Phi) is 5.13. The van der Waals surface area contributed by atoms with Gasteiger partial charge in [-0.1, -0.05) is 25.6 Å². The summed E-state index contributed by atoms with van der Waals surface area (Å²) in [6, 6.07) is 8.51. The molecule has 1 saturated heterocycles. The number of phenolic OH excluding ortho intramolecular Hbond substituents is 1. The molecule has 2 unspecified atom stereocenters. The van der Waals surface area contributed by atoms with Gasteiger partial charge in [0.05, 0.1) is 24.0 Å². The first-order valence-electron chi connectivity index (χ1n) is 10.7. The van der Waals surface area contributed by atoms with E-state index in [1.165, 1.54) is 6.07 Å². The second kappa shape index (κ2) is 8.11. The molecule has 32 heavy (non-hydrogen) atoms. The van der Waals surface area contributed by atoms with Crippen LogP contribution in [0.15, 0.2) is 43.1 Å². The van der Waals surface area contributed by atoms with Gasteiger partial charge in [-0.05, 0) is 36.2 Å². The molecule has 0 radical (unpaired) electrons. The van der Waals surface area contributed by atoms with E-state index < -0.39 is 11.6 Å². The highest BCUT2D eigenvalue weighted by Crippen LogP contribution is 2.39. The van der Waals surface area contributed by atoms with Gasteiger partial charge < -0.3 is 20.1 Å². The van der Waals surface area contributed by atoms with E-state index >= 15 is 0 Å². The molecule has 7 nitrogen and oxygen atoms in total. The number of rotatable bonds is 5. The Hall–Kier alpha value is -3.68. The maximum absolute atomic E-state index is 13.8. The van der Waals surface area contributed by atoms with Crippen molar-refractivity contribution in [1.82, 2.24) is 15.2 Å². The number of para-hydroxylation sites is 1. The maximum atomic E-state index is 13.8. The normalized spacial score (nSPS) is 19.1. The van der Waals surface area contributed by atoms with Crippen molar-refractivity contribution in [2.24, 2.45) is 0 Å². The number of nitrogens with zero attached hydrogens (tertiary/aromatic N) is 4. The first kappa shape index (κ1) is 20.2. The summed E-state index contributed by atoms with van der Waals surface area (Å²) in [5.41, 5.74) is 3.63. The summed E-state index contributed by atoms with van der Waals surface area (Å²) in [4.78, 5) is 6.75. The molecular weight excluding hydrogens is 409 g/mol. The maximum Gasteiger partial charge on any atom is 0.216 e. The first-order chi connectivity index (χ1) is 15.6. The smallest absolute Gasteiger partial charge is 0.216 e. The quantitative estimate of drug-likeness (QED) is 0.628. The number of phenols is 1. The van der Waals surface area contributed by atoms with E-state index in [0.717, 1.165) is 36.2 Å². The van der Waals surface area contributed by atoms with E-state index in [-0.39, 0.29) is 12.1 Å². The second-order valence-electron chi connectivity index (χ2n) is 8.05. The van der Waals surface area contributed by atoms with Crippen molar-refractivity contribution >= 4 is 17.6 Å². The van der Waals surface area contributed by atoms with Crippen LogP contribution in [0.4, 0.5) is 15.9 Å². The van der Waals surface area contributed by atoms with Gasteiger partial charge in [0.15, 0.2) is 17.4 Å². The fraction of sp³-hybridized carbons (Fsp3) is 0.292. The summed E-state index contributed by atoms with van der Waals surface area (Å²) < 4.78 is 20.2. The van der Waals surface area contributed by atoms with Gasteiger partial charge in [-0.15, -0.1) is 10.2 Å². The van der Waals surface area contributed by atoms with Crippen LogP contribution in [0.1, 0.15) is 24.5 Å². The number of aryl methyl sites for hydroxylation is 1. The van der Waals surface area contributed by atoms with Crippen LogP contribution < -0.4 is 15.0 Å². The van der Waals surface area contributed by atoms with Crippen LogP contribution in [0.5, 0.6) is 11.6 Å². The molecule has 2 aromatic heterocycles. The molecule has 0 aliphatic carbocycles. The molecule has 2 atom stereocenters. The Balaban J connectivity index is 1.41. The molecule has 2 N–H and O–H groups in total. The number of halogens is 1. The summed E-state index contributed by atoms with van der Waals surface area (Å²) >= 11 is 0. The molecule has 1 aromatic carbocycles. The molecule has 5 rings (SSSR count). The van der Waals surface area contributed by atoms with Crippen LogP contribution in [0.2, 0.25) is 0 Å². The average Bonchev–Trinajstić information content (AvgIpc) is 3.24. The molecule has 0 amide bonds. The second-order valence-corrected chi connectivity index (χ2v) is 8.05. The van der Waals surface area contributed by atoms with Gasteiger partial charge in [0.25, 0.3) is 0 Å². The number of anilines is 2. The molecule has 0 spiro atoms. The number of nitrogens with one attached hydrogen (secondary N) is 1. The fourth-order valence-corrected chi connectivity index (χ4v) is 4.39. The number of hydrogen-bond acceptors (Lipinski definition) is 7. The molecule has 164 valence electrons. The van der Waals surface area contributed by atoms with E-state index in [9.17, 15) is 9.50 Å². The monoisotopic (exact) mass is 433 g/mol. The van der Waals surface area contributed by atoms with Crippen LogP contribution >= 0.6 is 0 Å². The van der Waals surface area contributed by atoms with E-state index in [4.69, 9.17) is 4.74 Å². The third-order valence-corrected chi connectivity index (χ3v) is 6.07. The van der Waals surface area contributed by atoms with Crippen molar-refractivity contribution in [2.45, 2.75) is 31.9 Å². The Morgan fingerprint density at radius 1 is 1.34 bits per heavy atom. The number of ether oxygens (including phenoxy) is 1. The molecule has 8 heteroatoms. The highest BCUT2D eigenvalue weighted by molar-refractivity contribution is 5.76. The summed E-state index contributed by atoms with van der Waals surface area (Å²) in [5, 5.41) is 21.9. The van der Waals surface area contributed by atoms with Gasteiger partial charge in [-0.2, -0.15) is 0 Å². The van der Waals surface area contributed by atoms with Crippen molar-refractivity contribution in [3.8, 4) is 22.9 Å². The van der Waals surface area contributed by atoms with Gasteiger partial charge in [0, 0.05) is 30.3 Å². The van der Waals surface area contributed by atoms with Crippen LogP contribution in [-0.4, -0.2) is 45.5 Å². The number of aromatic nitrogens is 3. The highest BCUT2D eigenvalue weighted by Gasteiger charge is 2.38. The highest BCUT2D eigenvalue weighted by atomic mass is 19.1. The number of aromatic hydroxyl groups is 1. The average molecular weight is 433 g/mol. The number of benzene rings is 1. The van der Waals surface area contributed by atoms with Gasteiger partial charge >= 0.3 is 0 Å². The lowest BCUT2D eigenvalue weighted by Gasteiger charge is -2.33. The van der Waals surface area contributed by atoms with Crippen molar-refractivity contribution in [1.29, 1.82) is 0 Å². The molecule has 1 fully saturated rings. The molecular formula is C24H24FN5O2. The molecule has 3 aromatic rings. The van der Waals surface area contributed by atoms with Crippen LogP contribution in [0.25, 0.3) is 17.3 Å². The predicted octanol–water partition coefficient (Wildman–Crippen LogP) is 4.04. The Morgan fingerprint density at radius 3 is 3.03 bits per heavy atom. The minimum atomic E-state index is -0.686. The fourth-order valence-electron chi connectivity index (χ4n) is 4.39. The van der Waals surface area contributed by atoms with Crippen molar-refractivity contribution in [3.05, 3.63) is 60.1 Å². The third kappa shape index (κ3) is 3.51. The Morgan fingerprint density at radius 2 is 2.22 bits per heavy atom. The van der Waals surface area contributed by atoms with Crippen LogP contribution in [0.3, 0.4) is 0 Å². The van der Waals surface area contributed by atoms with E-state index in [0.29, 0.717) is 29.5 Å². The molecule has 0 bridgehead atoms. The molecule has 2 aliphatic heterocycles. The number of pyridine rings is 1. The van der Waals surface area contributed by atoms with Crippen molar-refractivity contribution in [2.75, 3.05) is 23.3 Å². The van der Waals surface area contributed by atoms with Crippen molar-refractivity contribution in [3.63, 3.8) is 0 Å². The largest absolute Gasteiger partial charge is 0.504 e. The van der Waals surface area contributed by atoms with E-state index in [2.05, 4.69) is 45.0 Å². The number of hydrogen-bond donors (Lipinski definition) is 2. The zero-order valence-corrected chi connectivity index (χ0v) is 17.8. The van der Waals surface area contributed by atoms with E-state index in [1.807, 2.05) is 6.07 Å². The zero-order chi connectivity index (χ0) is 22.2. The van der Waals surface area contributed by atoms with Crippen molar-refractivity contribution < 1.29 is 14.2 Å². The lowest BCUT2D eigenvalue weighted by Crippen LogP contribution is -2.40. The van der Waals surface area contributed by atoms with E-state index in [1.54, 1.807) is 24.4 Å². The standard InChI is InChI=1S/C24H24FN5O2/c1-3-14-8-15(4-2)24(27-11-14)32-17-9-16-12-26-23-21(30(16)13-17)10-20(28-29-23)18-6-5-7-19(25)22(18)31/h3,5-8,10-11,16-17,31H,1,4,9,12-13H2,2H3,(H,26,29). The lowest BCUT2D eigenvalue weighted by molar-refractivity contribution is 0.210. The zero-order valence-electron chi connectivity index (χ0n) is 17.8. The minimum Gasteiger partial charge on any atom is -0.504 e. The minimum absolute atomic E-state index is 0.0284. The molecule has 4 heterocycles. The molecule has 0 saturated carbocycles. The summed E-state index contributed by atoms with van der Waals surface area (Å²) in [7, 11) is 0. The number of fused-ring (bicyclic) bond motifs is 3. The lowest BCUT2D eigenvalue weighted by atomic mass is 10.1. The summed E-state index contributed by atoms with van der Waals surface area (Å²) in [5.74, 6) is 0.221. The predicted molar refractivity (Wildman–Crippen MR) is 121 cm³/mol. The first-order valence-corrected chi connectivity index (χ1v) is 10.7. The Labute approximate surface area is 185 Å². The van der Waals surface area contributed by atoms with Gasteiger partial charge in [-0.25, -0.2) is 9.37 Å². The summed E-state index contributed by atoms with van der Waals surface area (Å²) in [6.07, 6.45) is 5.18. The topological polar surface area (TPSA) is 83.4 Å². The Bertz CT molecular complexity index is 1190. The van der Waals surface area contributed by atoms with Gasteiger partial charge in [0.1, 0.15) is 6.10 Å². The van der Waals surface area contributed by atoms with Crippen LogP contribution in [0, 0.1) is 5.82 Å². The van der Waals surface area contributed by atoms with Gasteiger partial charge in [0.2, 0.25) is 5.88 Å². The SMILES string of the molecule is C=Cc1cnc(OC2CC3CNc4nnc(-c5cccc(F)c5O)cc4N3C2)c(CC)c1.